The molecule has 0 saturated carbocycles. The van der Waals surface area contributed by atoms with Crippen LogP contribution in [0.3, 0.4) is 0 Å². The van der Waals surface area contributed by atoms with Gasteiger partial charge >= 0.3 is 0 Å². The minimum atomic E-state index is -1.69. The van der Waals surface area contributed by atoms with Crippen molar-refractivity contribution in [3.8, 4) is 0 Å². The second kappa shape index (κ2) is 5.97. The van der Waals surface area contributed by atoms with Gasteiger partial charge in [-0.1, -0.05) is 13.8 Å². The fourth-order valence-electron chi connectivity index (χ4n) is 1.67. The van der Waals surface area contributed by atoms with Crippen molar-refractivity contribution < 1.29 is 17.6 Å². The zero-order chi connectivity index (χ0) is 15.7. The molecule has 1 N–H and O–H groups in total. The summed E-state index contributed by atoms with van der Waals surface area (Å²) in [4.78, 5) is 6.82. The first-order valence-electron chi connectivity index (χ1n) is 6.23. The first-order valence-corrected chi connectivity index (χ1v) is 7.11. The van der Waals surface area contributed by atoms with Crippen molar-refractivity contribution in [2.45, 2.75) is 32.7 Å². The molecule has 2 heterocycles. The van der Waals surface area contributed by atoms with E-state index in [1.807, 2.05) is 13.8 Å². The number of anilines is 1. The summed E-state index contributed by atoms with van der Waals surface area (Å²) < 4.78 is 53.1. The Morgan fingerprint density at radius 1 is 1.00 bits per heavy atom. The lowest BCUT2D eigenvalue weighted by Crippen LogP contribution is -2.13. The van der Waals surface area contributed by atoms with E-state index in [9.17, 15) is 17.6 Å². The summed E-state index contributed by atoms with van der Waals surface area (Å²) in [7, 11) is 0. The Morgan fingerprint density at radius 2 is 1.57 bits per heavy atom. The second-order valence-corrected chi connectivity index (χ2v) is 5.72. The molecule has 114 valence electrons. The average Bonchev–Trinajstić information content (AvgIpc) is 2.91. The molecule has 0 aliphatic rings. The SMILES string of the molecule is CC(C)c1nc(C(C)Nc2c(F)c(F)nc(F)c2F)cs1. The van der Waals surface area contributed by atoms with Gasteiger partial charge in [0.05, 0.1) is 16.7 Å². The van der Waals surface area contributed by atoms with E-state index < -0.39 is 35.3 Å². The standard InChI is InChI=1S/C13H13F4N3S/c1-5(2)13-19-7(4-21-13)6(3)18-10-8(14)11(16)20-12(17)9(10)15/h4-6H,1-3H3,(H,18,20). The van der Waals surface area contributed by atoms with Crippen LogP contribution >= 0.6 is 11.3 Å². The van der Waals surface area contributed by atoms with Gasteiger partial charge in [-0.2, -0.15) is 22.5 Å². The third-order valence-electron chi connectivity index (χ3n) is 2.84. The molecular weight excluding hydrogens is 306 g/mol. The summed E-state index contributed by atoms with van der Waals surface area (Å²) in [6.45, 7) is 5.52. The highest BCUT2D eigenvalue weighted by atomic mass is 32.1. The Bertz CT molecular complexity index is 631. The molecule has 0 amide bonds. The summed E-state index contributed by atoms with van der Waals surface area (Å²) in [5.41, 5.74) is -0.341. The molecule has 2 rings (SSSR count). The van der Waals surface area contributed by atoms with Crippen LogP contribution in [0.2, 0.25) is 0 Å². The number of rotatable bonds is 4. The van der Waals surface area contributed by atoms with Crippen molar-refractivity contribution in [3.63, 3.8) is 0 Å². The monoisotopic (exact) mass is 319 g/mol. The summed E-state index contributed by atoms with van der Waals surface area (Å²) in [6.07, 6.45) is 0. The quantitative estimate of drug-likeness (QED) is 0.671. The number of aromatic nitrogens is 2. The van der Waals surface area contributed by atoms with E-state index in [1.54, 1.807) is 12.3 Å². The van der Waals surface area contributed by atoms with E-state index in [1.165, 1.54) is 11.3 Å². The highest BCUT2D eigenvalue weighted by Gasteiger charge is 2.23. The predicted octanol–water partition coefficient (Wildman–Crippen LogP) is 4.39. The fourth-order valence-corrected chi connectivity index (χ4v) is 2.60. The van der Waals surface area contributed by atoms with Crippen LogP contribution in [0.25, 0.3) is 0 Å². The fraction of sp³-hybridized carbons (Fsp3) is 0.385. The molecule has 0 aromatic carbocycles. The lowest BCUT2D eigenvalue weighted by Gasteiger charge is -2.14. The van der Waals surface area contributed by atoms with Crippen molar-refractivity contribution in [2.75, 3.05) is 5.32 Å². The molecule has 0 saturated heterocycles. The van der Waals surface area contributed by atoms with Crippen LogP contribution in [-0.2, 0) is 0 Å². The minimum Gasteiger partial charge on any atom is -0.372 e. The molecular formula is C13H13F4N3S. The number of pyridine rings is 1. The number of thiazole rings is 1. The molecule has 0 bridgehead atoms. The van der Waals surface area contributed by atoms with Gasteiger partial charge < -0.3 is 5.32 Å². The van der Waals surface area contributed by atoms with Gasteiger partial charge in [0, 0.05) is 11.3 Å². The Morgan fingerprint density at radius 3 is 2.05 bits per heavy atom. The molecule has 0 spiro atoms. The normalized spacial score (nSPS) is 12.8. The van der Waals surface area contributed by atoms with Crippen LogP contribution in [0.4, 0.5) is 23.2 Å². The van der Waals surface area contributed by atoms with Gasteiger partial charge in [-0.05, 0) is 6.92 Å². The van der Waals surface area contributed by atoms with Crippen molar-refractivity contribution >= 4 is 17.0 Å². The zero-order valence-corrected chi connectivity index (χ0v) is 12.4. The van der Waals surface area contributed by atoms with Gasteiger partial charge in [0.15, 0.2) is 0 Å². The maximum atomic E-state index is 13.5. The van der Waals surface area contributed by atoms with E-state index in [0.29, 0.717) is 5.69 Å². The van der Waals surface area contributed by atoms with Crippen molar-refractivity contribution in [1.82, 2.24) is 9.97 Å². The van der Waals surface area contributed by atoms with Gasteiger partial charge in [-0.3, -0.25) is 0 Å². The highest BCUT2D eigenvalue weighted by molar-refractivity contribution is 7.09. The summed E-state index contributed by atoms with van der Waals surface area (Å²) in [6, 6.07) is -0.612. The molecule has 3 nitrogen and oxygen atoms in total. The Kier molecular flexibility index (Phi) is 4.46. The molecule has 1 atom stereocenters. The number of nitrogens with one attached hydrogen (secondary N) is 1. The number of halogens is 4. The number of hydrogen-bond donors (Lipinski definition) is 1. The van der Waals surface area contributed by atoms with E-state index in [-0.39, 0.29) is 5.92 Å². The van der Waals surface area contributed by atoms with Crippen LogP contribution in [0, 0.1) is 23.5 Å². The molecule has 2 aromatic rings. The largest absolute Gasteiger partial charge is 0.372 e. The maximum Gasteiger partial charge on any atom is 0.253 e. The van der Waals surface area contributed by atoms with E-state index in [4.69, 9.17) is 0 Å². The van der Waals surface area contributed by atoms with Crippen LogP contribution in [0.5, 0.6) is 0 Å². The van der Waals surface area contributed by atoms with Gasteiger partial charge in [-0.25, -0.2) is 4.98 Å². The average molecular weight is 319 g/mol. The first-order chi connectivity index (χ1) is 9.81. The molecule has 0 aliphatic heterocycles. The Balaban J connectivity index is 2.29. The summed E-state index contributed by atoms with van der Waals surface area (Å²) >= 11 is 1.41. The number of hydrogen-bond acceptors (Lipinski definition) is 4. The predicted molar refractivity (Wildman–Crippen MR) is 72.3 cm³/mol. The van der Waals surface area contributed by atoms with Crippen molar-refractivity contribution in [1.29, 1.82) is 0 Å². The van der Waals surface area contributed by atoms with Crippen LogP contribution in [0.15, 0.2) is 5.38 Å². The smallest absolute Gasteiger partial charge is 0.253 e. The van der Waals surface area contributed by atoms with Gasteiger partial charge in [0.1, 0.15) is 5.69 Å². The van der Waals surface area contributed by atoms with Crippen LogP contribution < -0.4 is 5.32 Å². The van der Waals surface area contributed by atoms with Gasteiger partial charge in [0.25, 0.3) is 11.9 Å². The summed E-state index contributed by atoms with van der Waals surface area (Å²) in [5.74, 6) is -6.27. The lowest BCUT2D eigenvalue weighted by molar-refractivity contribution is 0.410. The molecule has 2 aromatic heterocycles. The molecule has 0 fully saturated rings. The van der Waals surface area contributed by atoms with Gasteiger partial charge in [0.2, 0.25) is 11.6 Å². The molecule has 0 radical (unpaired) electrons. The van der Waals surface area contributed by atoms with E-state index in [0.717, 1.165) is 5.01 Å². The zero-order valence-electron chi connectivity index (χ0n) is 11.5. The van der Waals surface area contributed by atoms with Crippen LogP contribution in [0.1, 0.15) is 43.4 Å². The molecule has 0 aliphatic carbocycles. The Labute approximate surface area is 123 Å². The topological polar surface area (TPSA) is 37.8 Å². The molecule has 8 heteroatoms. The van der Waals surface area contributed by atoms with E-state index in [2.05, 4.69) is 15.3 Å². The number of nitrogens with zero attached hydrogens (tertiary/aromatic N) is 2. The van der Waals surface area contributed by atoms with Crippen molar-refractivity contribution in [2.24, 2.45) is 0 Å². The third kappa shape index (κ3) is 3.15. The summed E-state index contributed by atoms with van der Waals surface area (Å²) in [5, 5.41) is 5.00. The van der Waals surface area contributed by atoms with Gasteiger partial charge in [-0.15, -0.1) is 11.3 Å². The first kappa shape index (κ1) is 15.7. The lowest BCUT2D eigenvalue weighted by atomic mass is 10.2. The van der Waals surface area contributed by atoms with E-state index >= 15 is 0 Å². The van der Waals surface area contributed by atoms with Crippen molar-refractivity contribution in [3.05, 3.63) is 39.6 Å². The second-order valence-electron chi connectivity index (χ2n) is 4.83. The maximum absolute atomic E-state index is 13.5. The Hall–Kier alpha value is -1.70. The third-order valence-corrected chi connectivity index (χ3v) is 4.00. The highest BCUT2D eigenvalue weighted by Crippen LogP contribution is 2.28. The minimum absolute atomic E-state index is 0.222. The molecule has 1 unspecified atom stereocenters. The molecule has 21 heavy (non-hydrogen) atoms. The van der Waals surface area contributed by atoms with Crippen LogP contribution in [-0.4, -0.2) is 9.97 Å².